The third-order valence-electron chi connectivity index (χ3n) is 3.72. The summed E-state index contributed by atoms with van der Waals surface area (Å²) in [6, 6.07) is 3.70. The van der Waals surface area contributed by atoms with E-state index in [9.17, 15) is 0 Å². The summed E-state index contributed by atoms with van der Waals surface area (Å²) in [5.41, 5.74) is 14.4. The SMILES string of the molecule is COCCc1nc2c(N)nc3cccnc3c2n1CCNC(=N)N. The predicted octanol–water partition coefficient (Wildman–Crippen LogP) is 0.234. The van der Waals surface area contributed by atoms with Crippen LogP contribution in [0, 0.1) is 5.41 Å². The number of nitrogens with one attached hydrogen (secondary N) is 2. The van der Waals surface area contributed by atoms with E-state index in [0.29, 0.717) is 37.5 Å². The fourth-order valence-electron chi connectivity index (χ4n) is 2.70. The molecule has 0 unspecified atom stereocenters. The normalized spacial score (nSPS) is 11.2. The average molecular weight is 328 g/mol. The van der Waals surface area contributed by atoms with Gasteiger partial charge in [0.25, 0.3) is 0 Å². The Morgan fingerprint density at radius 1 is 1.38 bits per heavy atom. The minimum Gasteiger partial charge on any atom is -0.384 e. The molecule has 0 atom stereocenters. The molecule has 0 aliphatic carbocycles. The molecule has 0 amide bonds. The summed E-state index contributed by atoms with van der Waals surface area (Å²) in [5.74, 6) is 1.15. The Balaban J connectivity index is 2.16. The number of aromatic nitrogens is 4. The highest BCUT2D eigenvalue weighted by Gasteiger charge is 2.17. The van der Waals surface area contributed by atoms with Gasteiger partial charge in [-0.05, 0) is 12.1 Å². The Morgan fingerprint density at radius 2 is 2.21 bits per heavy atom. The molecule has 9 heteroatoms. The maximum Gasteiger partial charge on any atom is 0.185 e. The molecular formula is C15H20N8O. The van der Waals surface area contributed by atoms with Crippen LogP contribution in [0.4, 0.5) is 5.82 Å². The lowest BCUT2D eigenvalue weighted by Gasteiger charge is -2.11. The van der Waals surface area contributed by atoms with Gasteiger partial charge in [0.2, 0.25) is 0 Å². The molecule has 0 aromatic carbocycles. The first kappa shape index (κ1) is 15.9. The average Bonchev–Trinajstić information content (AvgIpc) is 2.92. The van der Waals surface area contributed by atoms with Crippen LogP contribution >= 0.6 is 0 Å². The summed E-state index contributed by atoms with van der Waals surface area (Å²) in [7, 11) is 1.65. The molecule has 9 nitrogen and oxygen atoms in total. The zero-order chi connectivity index (χ0) is 17.1. The van der Waals surface area contributed by atoms with Crippen LogP contribution in [-0.2, 0) is 17.7 Å². The predicted molar refractivity (Wildman–Crippen MR) is 92.7 cm³/mol. The van der Waals surface area contributed by atoms with Gasteiger partial charge in [-0.15, -0.1) is 0 Å². The Hall–Kier alpha value is -2.94. The van der Waals surface area contributed by atoms with Crippen LogP contribution in [0.3, 0.4) is 0 Å². The highest BCUT2D eigenvalue weighted by atomic mass is 16.5. The van der Waals surface area contributed by atoms with Gasteiger partial charge in [0.1, 0.15) is 22.4 Å². The highest BCUT2D eigenvalue weighted by Crippen LogP contribution is 2.27. The fourth-order valence-corrected chi connectivity index (χ4v) is 2.70. The van der Waals surface area contributed by atoms with Gasteiger partial charge in [-0.3, -0.25) is 10.4 Å². The second kappa shape index (κ2) is 6.67. The first-order valence-electron chi connectivity index (χ1n) is 7.58. The second-order valence-corrected chi connectivity index (χ2v) is 5.33. The zero-order valence-electron chi connectivity index (χ0n) is 13.4. The van der Waals surface area contributed by atoms with Gasteiger partial charge in [-0.1, -0.05) is 0 Å². The van der Waals surface area contributed by atoms with Gasteiger partial charge < -0.3 is 26.1 Å². The Morgan fingerprint density at radius 3 is 2.96 bits per heavy atom. The van der Waals surface area contributed by atoms with E-state index >= 15 is 0 Å². The highest BCUT2D eigenvalue weighted by molar-refractivity contribution is 6.04. The molecule has 6 N–H and O–H groups in total. The lowest BCUT2D eigenvalue weighted by atomic mass is 10.2. The van der Waals surface area contributed by atoms with E-state index in [0.717, 1.165) is 22.4 Å². The molecule has 3 rings (SSSR count). The number of rotatable bonds is 6. The van der Waals surface area contributed by atoms with E-state index in [1.54, 1.807) is 13.3 Å². The van der Waals surface area contributed by atoms with Gasteiger partial charge in [-0.25, -0.2) is 9.97 Å². The second-order valence-electron chi connectivity index (χ2n) is 5.33. The number of nitrogen functional groups attached to an aromatic ring is 1. The van der Waals surface area contributed by atoms with Crippen molar-refractivity contribution >= 4 is 33.8 Å². The van der Waals surface area contributed by atoms with Gasteiger partial charge in [0.15, 0.2) is 11.8 Å². The zero-order valence-corrected chi connectivity index (χ0v) is 13.4. The maximum atomic E-state index is 7.30. The molecule has 0 aliphatic rings. The number of hydrogen-bond acceptors (Lipinski definition) is 6. The maximum absolute atomic E-state index is 7.30. The van der Waals surface area contributed by atoms with Crippen molar-refractivity contribution in [1.82, 2.24) is 24.8 Å². The molecule has 3 aromatic heterocycles. The van der Waals surface area contributed by atoms with Crippen molar-refractivity contribution in [2.75, 3.05) is 26.0 Å². The largest absolute Gasteiger partial charge is 0.384 e. The van der Waals surface area contributed by atoms with Crippen LogP contribution in [0.5, 0.6) is 0 Å². The standard InChI is InChI=1S/C15H20N8O/c1-24-8-4-10-22-12-13(23(10)7-6-20-15(17)18)11-9(21-14(12)16)3-2-5-19-11/h2-3,5H,4,6-8H2,1H3,(H2,16,21)(H4,17,18,20). The topological polar surface area (TPSA) is 141 Å². The minimum atomic E-state index is -0.0676. The number of imidazole rings is 1. The summed E-state index contributed by atoms with van der Waals surface area (Å²) >= 11 is 0. The molecule has 0 bridgehead atoms. The van der Waals surface area contributed by atoms with Crippen LogP contribution in [-0.4, -0.2) is 45.7 Å². The smallest absolute Gasteiger partial charge is 0.185 e. The monoisotopic (exact) mass is 328 g/mol. The minimum absolute atomic E-state index is 0.0676. The van der Waals surface area contributed by atoms with Gasteiger partial charge in [0, 0.05) is 32.8 Å². The third-order valence-corrected chi connectivity index (χ3v) is 3.72. The molecule has 3 heterocycles. The summed E-state index contributed by atoms with van der Waals surface area (Å²) < 4.78 is 7.21. The van der Waals surface area contributed by atoms with Gasteiger partial charge in [-0.2, -0.15) is 0 Å². The van der Waals surface area contributed by atoms with Crippen LogP contribution in [0.1, 0.15) is 5.82 Å². The summed E-state index contributed by atoms with van der Waals surface area (Å²) in [6.45, 7) is 1.61. The van der Waals surface area contributed by atoms with Gasteiger partial charge >= 0.3 is 0 Å². The lowest BCUT2D eigenvalue weighted by molar-refractivity contribution is 0.199. The number of pyridine rings is 2. The number of fused-ring (bicyclic) bond motifs is 3. The number of nitrogens with two attached hydrogens (primary N) is 2. The van der Waals surface area contributed by atoms with E-state index in [4.69, 9.17) is 21.6 Å². The molecule has 0 saturated heterocycles. The number of hydrogen-bond donors (Lipinski definition) is 4. The lowest BCUT2D eigenvalue weighted by Crippen LogP contribution is -2.33. The first-order chi connectivity index (χ1) is 11.6. The Labute approximate surface area is 138 Å². The van der Waals surface area contributed by atoms with Crippen molar-refractivity contribution in [3.63, 3.8) is 0 Å². The molecule has 0 spiro atoms. The van der Waals surface area contributed by atoms with Crippen molar-refractivity contribution in [3.05, 3.63) is 24.2 Å². The molecule has 3 aromatic rings. The van der Waals surface area contributed by atoms with Gasteiger partial charge in [0.05, 0.1) is 12.1 Å². The first-order valence-corrected chi connectivity index (χ1v) is 7.58. The van der Waals surface area contributed by atoms with Crippen LogP contribution in [0.2, 0.25) is 0 Å². The van der Waals surface area contributed by atoms with Crippen molar-refractivity contribution < 1.29 is 4.74 Å². The third kappa shape index (κ3) is 2.93. The molecule has 126 valence electrons. The van der Waals surface area contributed by atoms with E-state index in [1.807, 2.05) is 16.7 Å². The summed E-state index contributed by atoms with van der Waals surface area (Å²) in [4.78, 5) is 13.5. The van der Waals surface area contributed by atoms with E-state index in [1.165, 1.54) is 0 Å². The molecular weight excluding hydrogens is 308 g/mol. The fraction of sp³-hybridized carbons (Fsp3) is 0.333. The van der Waals surface area contributed by atoms with Crippen molar-refractivity contribution in [2.24, 2.45) is 5.73 Å². The summed E-state index contributed by atoms with van der Waals surface area (Å²) in [6.07, 6.45) is 2.36. The number of methoxy groups -OCH3 is 1. The molecule has 0 saturated carbocycles. The Bertz CT molecular complexity index is 888. The molecule has 0 radical (unpaired) electrons. The van der Waals surface area contributed by atoms with Crippen LogP contribution < -0.4 is 16.8 Å². The number of nitrogens with zero attached hydrogens (tertiary/aromatic N) is 4. The summed E-state index contributed by atoms with van der Waals surface area (Å²) in [5, 5.41) is 10.1. The molecule has 0 fully saturated rings. The number of anilines is 1. The van der Waals surface area contributed by atoms with Crippen molar-refractivity contribution in [3.8, 4) is 0 Å². The quantitative estimate of drug-likeness (QED) is 0.375. The van der Waals surface area contributed by atoms with Crippen molar-refractivity contribution in [1.29, 1.82) is 5.41 Å². The Kier molecular flexibility index (Phi) is 4.43. The van der Waals surface area contributed by atoms with Crippen molar-refractivity contribution in [2.45, 2.75) is 13.0 Å². The van der Waals surface area contributed by atoms with Crippen LogP contribution in [0.25, 0.3) is 22.1 Å². The van der Waals surface area contributed by atoms with Crippen LogP contribution in [0.15, 0.2) is 18.3 Å². The van der Waals surface area contributed by atoms with E-state index in [2.05, 4.69) is 20.3 Å². The number of ether oxygens (including phenoxy) is 1. The van der Waals surface area contributed by atoms with E-state index < -0.39 is 0 Å². The number of guanidine groups is 1. The van der Waals surface area contributed by atoms with E-state index in [-0.39, 0.29) is 5.96 Å². The molecule has 24 heavy (non-hydrogen) atoms. The molecule has 0 aliphatic heterocycles.